The van der Waals surface area contributed by atoms with Crippen molar-refractivity contribution < 1.29 is 40.8 Å². The van der Waals surface area contributed by atoms with E-state index in [1.807, 2.05) is 0 Å². The number of non-ortho nitro benzene ring substituents is 1. The number of nitrogens with zero attached hydrogens (tertiary/aromatic N) is 1. The zero-order valence-electron chi connectivity index (χ0n) is 23.7. The maximum Gasteiger partial charge on any atom is 0.269 e. The van der Waals surface area contributed by atoms with Crippen molar-refractivity contribution in [3.05, 3.63) is 88.5 Å². The van der Waals surface area contributed by atoms with Crippen molar-refractivity contribution in [3.63, 3.8) is 0 Å². The number of methoxy groups -OCH3 is 2. The van der Waals surface area contributed by atoms with E-state index in [9.17, 15) is 36.5 Å². The third kappa shape index (κ3) is 10.0. The highest BCUT2D eigenvalue weighted by molar-refractivity contribution is 7.89. The second-order valence-electron chi connectivity index (χ2n) is 9.20. The van der Waals surface area contributed by atoms with E-state index >= 15 is 0 Å². The number of nitro groups is 1. The molecule has 17 heteroatoms. The van der Waals surface area contributed by atoms with E-state index in [2.05, 4.69) is 20.1 Å². The van der Waals surface area contributed by atoms with Gasteiger partial charge in [0.2, 0.25) is 31.9 Å². The lowest BCUT2D eigenvalue weighted by molar-refractivity contribution is -0.384. The molecule has 0 saturated heterocycles. The fraction of sp³-hybridized carbons (Fsp3) is 0.259. The number of carbonyl (C=O) groups excluding carboxylic acids is 2. The molecule has 4 N–H and O–H groups in total. The number of nitrogens with one attached hydrogen (secondary N) is 4. The Morgan fingerprint density at radius 3 is 1.64 bits per heavy atom. The molecule has 0 fully saturated rings. The maximum absolute atomic E-state index is 12.7. The van der Waals surface area contributed by atoms with Gasteiger partial charge in [-0.2, -0.15) is 0 Å². The molecule has 0 heterocycles. The highest BCUT2D eigenvalue weighted by atomic mass is 32.2. The Morgan fingerprint density at radius 2 is 1.20 bits per heavy atom. The van der Waals surface area contributed by atoms with Gasteiger partial charge in [0.15, 0.2) is 0 Å². The largest absolute Gasteiger partial charge is 0.497 e. The minimum absolute atomic E-state index is 0.0773. The molecule has 0 saturated carbocycles. The minimum atomic E-state index is -4.03. The lowest BCUT2D eigenvalue weighted by Crippen LogP contribution is -2.49. The van der Waals surface area contributed by atoms with Crippen molar-refractivity contribution in [1.29, 1.82) is 0 Å². The molecular formula is C27H31N5O10S2. The molecule has 3 aromatic rings. The van der Waals surface area contributed by atoms with E-state index in [0.717, 1.165) is 0 Å². The molecule has 0 aliphatic carbocycles. The summed E-state index contributed by atoms with van der Waals surface area (Å²) in [7, 11) is -5.18. The molecule has 236 valence electrons. The van der Waals surface area contributed by atoms with Crippen LogP contribution in [0.3, 0.4) is 0 Å². The van der Waals surface area contributed by atoms with Crippen LogP contribution >= 0.6 is 0 Å². The van der Waals surface area contributed by atoms with Gasteiger partial charge in [0, 0.05) is 18.7 Å². The van der Waals surface area contributed by atoms with Crippen LogP contribution in [0.2, 0.25) is 0 Å². The summed E-state index contributed by atoms with van der Waals surface area (Å²) in [5.74, 6) is -0.517. The van der Waals surface area contributed by atoms with E-state index in [1.165, 1.54) is 87.0 Å². The summed E-state index contributed by atoms with van der Waals surface area (Å²) < 4.78 is 64.6. The number of rotatable bonds is 16. The molecule has 44 heavy (non-hydrogen) atoms. The zero-order valence-corrected chi connectivity index (χ0v) is 25.3. The summed E-state index contributed by atoms with van der Waals surface area (Å²) in [6, 6.07) is 15.8. The first-order chi connectivity index (χ1) is 20.8. The number of hydrogen-bond acceptors (Lipinski definition) is 10. The second kappa shape index (κ2) is 15.2. The quantitative estimate of drug-likeness (QED) is 0.126. The molecule has 3 rings (SSSR count). The van der Waals surface area contributed by atoms with Gasteiger partial charge in [-0.3, -0.25) is 19.7 Å². The summed E-state index contributed by atoms with van der Waals surface area (Å²) in [6.07, 6.45) is 0.104. The third-order valence-corrected chi connectivity index (χ3v) is 8.96. The summed E-state index contributed by atoms with van der Waals surface area (Å²) in [5, 5.41) is 16.1. The van der Waals surface area contributed by atoms with Gasteiger partial charge in [-0.15, -0.1) is 0 Å². The summed E-state index contributed by atoms with van der Waals surface area (Å²) in [6.45, 7) is -1.40. The third-order valence-electron chi connectivity index (χ3n) is 6.12. The Kier molecular flexibility index (Phi) is 11.7. The van der Waals surface area contributed by atoms with Crippen LogP contribution in [-0.4, -0.2) is 73.5 Å². The SMILES string of the molecule is COc1ccc(S(=O)(=O)NCC(=O)NCC(Cc2ccc([N+](=O)[O-])cc2)NC(=O)CNS(=O)(=O)c2ccc(OC)cc2)cc1. The molecular weight excluding hydrogens is 618 g/mol. The molecule has 1 atom stereocenters. The minimum Gasteiger partial charge on any atom is -0.497 e. The van der Waals surface area contributed by atoms with Crippen molar-refractivity contribution >= 4 is 37.5 Å². The van der Waals surface area contributed by atoms with Gasteiger partial charge in [0.05, 0.1) is 48.1 Å². The normalized spacial score (nSPS) is 12.1. The number of benzene rings is 3. The first-order valence-corrected chi connectivity index (χ1v) is 15.9. The van der Waals surface area contributed by atoms with Crippen LogP contribution in [0.1, 0.15) is 5.56 Å². The molecule has 3 aromatic carbocycles. The van der Waals surface area contributed by atoms with E-state index in [4.69, 9.17) is 9.47 Å². The molecule has 0 aliphatic rings. The summed E-state index contributed by atoms with van der Waals surface area (Å²) >= 11 is 0. The summed E-state index contributed by atoms with van der Waals surface area (Å²) in [5.41, 5.74) is 0.439. The number of amides is 2. The van der Waals surface area contributed by atoms with Crippen molar-refractivity contribution in [3.8, 4) is 11.5 Å². The average molecular weight is 650 g/mol. The standard InChI is InChI=1S/C27H31N5O10S2/c1-41-22-7-11-24(12-8-22)43(37,38)29-17-26(33)28-16-20(15-19-3-5-21(6-4-19)32(35)36)31-27(34)18-30-44(39,40)25-13-9-23(42-2)10-14-25/h3-14,20,29-30H,15-18H2,1-2H3,(H,28,33)(H,31,34). The lowest BCUT2D eigenvalue weighted by atomic mass is 10.1. The Labute approximate surface area is 254 Å². The van der Waals surface area contributed by atoms with Crippen LogP contribution in [0.15, 0.2) is 82.6 Å². The number of carbonyl (C=O) groups is 2. The van der Waals surface area contributed by atoms with Crippen LogP contribution in [-0.2, 0) is 36.1 Å². The van der Waals surface area contributed by atoms with Crippen LogP contribution < -0.4 is 29.6 Å². The number of sulfonamides is 2. The predicted molar refractivity (Wildman–Crippen MR) is 158 cm³/mol. The van der Waals surface area contributed by atoms with E-state index < -0.39 is 55.9 Å². The van der Waals surface area contributed by atoms with E-state index in [-0.39, 0.29) is 28.4 Å². The van der Waals surface area contributed by atoms with Crippen LogP contribution in [0.5, 0.6) is 11.5 Å². The molecule has 0 radical (unpaired) electrons. The molecule has 15 nitrogen and oxygen atoms in total. The fourth-order valence-electron chi connectivity index (χ4n) is 3.79. The number of hydrogen-bond donors (Lipinski definition) is 4. The monoisotopic (exact) mass is 649 g/mol. The number of ether oxygens (including phenoxy) is 2. The van der Waals surface area contributed by atoms with Gasteiger partial charge in [-0.1, -0.05) is 12.1 Å². The van der Waals surface area contributed by atoms with Crippen molar-refractivity contribution in [2.45, 2.75) is 22.3 Å². The zero-order chi connectivity index (χ0) is 32.3. The number of nitro benzene ring substituents is 1. The predicted octanol–water partition coefficient (Wildman–Crippen LogP) is 0.713. The smallest absolute Gasteiger partial charge is 0.269 e. The van der Waals surface area contributed by atoms with Gasteiger partial charge in [-0.05, 0) is 60.5 Å². The Bertz CT molecular complexity index is 1660. The lowest BCUT2D eigenvalue weighted by Gasteiger charge is -2.20. The molecule has 2 amide bonds. The van der Waals surface area contributed by atoms with Crippen LogP contribution in [0.25, 0.3) is 0 Å². The summed E-state index contributed by atoms with van der Waals surface area (Å²) in [4.78, 5) is 35.5. The first-order valence-electron chi connectivity index (χ1n) is 12.9. The molecule has 0 spiro atoms. The van der Waals surface area contributed by atoms with Crippen LogP contribution in [0.4, 0.5) is 5.69 Å². The van der Waals surface area contributed by atoms with Gasteiger partial charge < -0.3 is 20.1 Å². The highest BCUT2D eigenvalue weighted by Crippen LogP contribution is 2.17. The van der Waals surface area contributed by atoms with Crippen molar-refractivity contribution in [2.24, 2.45) is 0 Å². The van der Waals surface area contributed by atoms with Crippen molar-refractivity contribution in [2.75, 3.05) is 33.9 Å². The van der Waals surface area contributed by atoms with Crippen molar-refractivity contribution in [1.82, 2.24) is 20.1 Å². The molecule has 0 bridgehead atoms. The maximum atomic E-state index is 12.7. The second-order valence-corrected chi connectivity index (χ2v) is 12.7. The topological polar surface area (TPSA) is 212 Å². The van der Waals surface area contributed by atoms with Gasteiger partial charge in [-0.25, -0.2) is 26.3 Å². The Hall–Kier alpha value is -4.58. The Morgan fingerprint density at radius 1 is 0.750 bits per heavy atom. The van der Waals surface area contributed by atoms with Crippen LogP contribution in [0, 0.1) is 10.1 Å². The van der Waals surface area contributed by atoms with Gasteiger partial charge in [0.1, 0.15) is 11.5 Å². The molecule has 0 aromatic heterocycles. The fourth-order valence-corrected chi connectivity index (χ4v) is 5.75. The first kappa shape index (κ1) is 33.9. The van der Waals surface area contributed by atoms with E-state index in [0.29, 0.717) is 17.1 Å². The van der Waals surface area contributed by atoms with Gasteiger partial charge in [0.25, 0.3) is 5.69 Å². The molecule has 0 aliphatic heterocycles. The van der Waals surface area contributed by atoms with E-state index in [1.54, 1.807) is 0 Å². The Balaban J connectivity index is 1.62. The molecule has 1 unspecified atom stereocenters. The highest BCUT2D eigenvalue weighted by Gasteiger charge is 2.20. The van der Waals surface area contributed by atoms with Gasteiger partial charge >= 0.3 is 0 Å². The average Bonchev–Trinajstić information content (AvgIpc) is 3.02.